The van der Waals surface area contributed by atoms with Crippen LogP contribution in [0, 0.1) is 17.6 Å². The lowest BCUT2D eigenvalue weighted by Crippen LogP contribution is -2.42. The molecule has 0 radical (unpaired) electrons. The lowest BCUT2D eigenvalue weighted by atomic mass is 10.0. The summed E-state index contributed by atoms with van der Waals surface area (Å²) in [5.74, 6) is 0.0353. The van der Waals surface area contributed by atoms with E-state index in [1.807, 2.05) is 6.92 Å². The maximum Gasteiger partial charge on any atom is 0.191 e. The number of guanidine groups is 1. The van der Waals surface area contributed by atoms with E-state index in [1.54, 1.807) is 19.0 Å². The summed E-state index contributed by atoms with van der Waals surface area (Å²) in [5.41, 5.74) is 0.0738. The van der Waals surface area contributed by atoms with Crippen LogP contribution in [0.25, 0.3) is 0 Å². The SMILES string of the molecule is CCNC(=NCC(C)C)NCC(c1c(F)cccc1F)N(C)C. The highest BCUT2D eigenvalue weighted by Crippen LogP contribution is 2.23. The van der Waals surface area contributed by atoms with Gasteiger partial charge < -0.3 is 15.5 Å². The van der Waals surface area contributed by atoms with E-state index >= 15 is 0 Å². The van der Waals surface area contributed by atoms with E-state index in [0.717, 1.165) is 6.54 Å². The Morgan fingerprint density at radius 1 is 1.17 bits per heavy atom. The van der Waals surface area contributed by atoms with Crippen molar-refractivity contribution in [3.63, 3.8) is 0 Å². The second-order valence-electron chi connectivity index (χ2n) is 6.11. The number of hydrogen-bond donors (Lipinski definition) is 2. The van der Waals surface area contributed by atoms with Gasteiger partial charge in [0.25, 0.3) is 0 Å². The molecule has 0 aliphatic carbocycles. The van der Waals surface area contributed by atoms with Crippen molar-refractivity contribution in [1.82, 2.24) is 15.5 Å². The number of rotatable bonds is 7. The predicted molar refractivity (Wildman–Crippen MR) is 91.6 cm³/mol. The first-order valence-corrected chi connectivity index (χ1v) is 7.99. The fraction of sp³-hybridized carbons (Fsp3) is 0.588. The van der Waals surface area contributed by atoms with Gasteiger partial charge in [-0.05, 0) is 39.1 Å². The minimum atomic E-state index is -0.533. The highest BCUT2D eigenvalue weighted by atomic mass is 19.1. The summed E-state index contributed by atoms with van der Waals surface area (Å²) in [5, 5.41) is 6.32. The van der Waals surface area contributed by atoms with Crippen molar-refractivity contribution in [3.05, 3.63) is 35.4 Å². The fourth-order valence-corrected chi connectivity index (χ4v) is 2.18. The third-order valence-electron chi connectivity index (χ3n) is 3.38. The van der Waals surface area contributed by atoms with Crippen molar-refractivity contribution in [2.75, 3.05) is 33.7 Å². The van der Waals surface area contributed by atoms with Gasteiger partial charge in [0.2, 0.25) is 0 Å². The smallest absolute Gasteiger partial charge is 0.191 e. The van der Waals surface area contributed by atoms with E-state index in [4.69, 9.17) is 0 Å². The van der Waals surface area contributed by atoms with Crippen molar-refractivity contribution >= 4 is 5.96 Å². The van der Waals surface area contributed by atoms with Crippen LogP contribution < -0.4 is 10.6 Å². The zero-order valence-corrected chi connectivity index (χ0v) is 14.7. The topological polar surface area (TPSA) is 39.7 Å². The van der Waals surface area contributed by atoms with Crippen molar-refractivity contribution in [2.45, 2.75) is 26.8 Å². The summed E-state index contributed by atoms with van der Waals surface area (Å²) in [6.07, 6.45) is 0. The molecule has 1 unspecified atom stereocenters. The molecule has 0 amide bonds. The van der Waals surface area contributed by atoms with E-state index in [0.29, 0.717) is 25.0 Å². The molecule has 4 nitrogen and oxygen atoms in total. The van der Waals surface area contributed by atoms with Crippen LogP contribution in [-0.4, -0.2) is 44.6 Å². The van der Waals surface area contributed by atoms with Gasteiger partial charge in [-0.2, -0.15) is 0 Å². The molecule has 0 aliphatic rings. The van der Waals surface area contributed by atoms with Gasteiger partial charge in [0.05, 0.1) is 6.04 Å². The lowest BCUT2D eigenvalue weighted by Gasteiger charge is -2.26. The molecule has 0 heterocycles. The van der Waals surface area contributed by atoms with Crippen molar-refractivity contribution in [3.8, 4) is 0 Å². The van der Waals surface area contributed by atoms with Crippen LogP contribution in [0.15, 0.2) is 23.2 Å². The Balaban J connectivity index is 2.89. The maximum atomic E-state index is 14.0. The number of likely N-dealkylation sites (N-methyl/N-ethyl adjacent to an activating group) is 1. The monoisotopic (exact) mass is 326 g/mol. The van der Waals surface area contributed by atoms with Crippen molar-refractivity contribution in [2.24, 2.45) is 10.9 Å². The van der Waals surface area contributed by atoms with E-state index in [-0.39, 0.29) is 5.56 Å². The average molecular weight is 326 g/mol. The van der Waals surface area contributed by atoms with Crippen LogP contribution in [0.5, 0.6) is 0 Å². The minimum Gasteiger partial charge on any atom is -0.357 e. The molecule has 130 valence electrons. The first-order valence-electron chi connectivity index (χ1n) is 7.99. The van der Waals surface area contributed by atoms with Crippen LogP contribution in [0.1, 0.15) is 32.4 Å². The zero-order chi connectivity index (χ0) is 17.4. The fourth-order valence-electron chi connectivity index (χ4n) is 2.18. The number of nitrogens with zero attached hydrogens (tertiary/aromatic N) is 2. The summed E-state index contributed by atoms with van der Waals surface area (Å²) in [6.45, 7) is 7.93. The Kier molecular flexibility index (Phi) is 7.95. The molecule has 0 saturated heterocycles. The molecule has 1 atom stereocenters. The van der Waals surface area contributed by atoms with Gasteiger partial charge in [-0.1, -0.05) is 19.9 Å². The summed E-state index contributed by atoms with van der Waals surface area (Å²) in [7, 11) is 3.60. The van der Waals surface area contributed by atoms with Crippen LogP contribution in [0.3, 0.4) is 0 Å². The third kappa shape index (κ3) is 6.14. The Bertz CT molecular complexity index is 495. The molecule has 0 aliphatic heterocycles. The van der Waals surface area contributed by atoms with Gasteiger partial charge in [0, 0.05) is 25.2 Å². The van der Waals surface area contributed by atoms with Gasteiger partial charge in [-0.3, -0.25) is 4.99 Å². The Hall–Kier alpha value is -1.69. The van der Waals surface area contributed by atoms with Crippen LogP contribution in [-0.2, 0) is 0 Å². The Morgan fingerprint density at radius 2 is 1.78 bits per heavy atom. The van der Waals surface area contributed by atoms with E-state index in [1.165, 1.54) is 18.2 Å². The number of aliphatic imine (C=N–C) groups is 1. The summed E-state index contributed by atoms with van der Waals surface area (Å²) < 4.78 is 28.1. The second-order valence-corrected chi connectivity index (χ2v) is 6.11. The standard InChI is InChI=1S/C17H28F2N4/c1-6-20-17(21-10-12(2)3)22-11-15(23(4)5)16-13(18)8-7-9-14(16)19/h7-9,12,15H,6,10-11H2,1-5H3,(H2,20,21,22). The maximum absolute atomic E-state index is 14.0. The number of benzene rings is 1. The summed E-state index contributed by atoms with van der Waals surface area (Å²) in [4.78, 5) is 6.26. The molecule has 0 aromatic heterocycles. The number of hydrogen-bond acceptors (Lipinski definition) is 2. The number of halogens is 2. The molecular formula is C17H28F2N4. The van der Waals surface area contributed by atoms with Crippen molar-refractivity contribution < 1.29 is 8.78 Å². The van der Waals surface area contributed by atoms with Gasteiger partial charge in [-0.15, -0.1) is 0 Å². The highest BCUT2D eigenvalue weighted by molar-refractivity contribution is 5.79. The third-order valence-corrected chi connectivity index (χ3v) is 3.38. The lowest BCUT2D eigenvalue weighted by molar-refractivity contribution is 0.282. The molecule has 0 saturated carbocycles. The summed E-state index contributed by atoms with van der Waals surface area (Å²) >= 11 is 0. The quantitative estimate of drug-likeness (QED) is 0.598. The molecule has 1 aromatic carbocycles. The predicted octanol–water partition coefficient (Wildman–Crippen LogP) is 2.78. The molecular weight excluding hydrogens is 298 g/mol. The van der Waals surface area contributed by atoms with Gasteiger partial charge in [0.1, 0.15) is 11.6 Å². The molecule has 2 N–H and O–H groups in total. The Morgan fingerprint density at radius 3 is 2.26 bits per heavy atom. The average Bonchev–Trinajstić information content (AvgIpc) is 2.46. The summed E-state index contributed by atoms with van der Waals surface area (Å²) in [6, 6.07) is 3.52. The van der Waals surface area contributed by atoms with E-state index < -0.39 is 17.7 Å². The van der Waals surface area contributed by atoms with Crippen LogP contribution >= 0.6 is 0 Å². The second kappa shape index (κ2) is 9.45. The normalized spacial score (nSPS) is 13.5. The molecule has 0 fully saturated rings. The number of nitrogens with one attached hydrogen (secondary N) is 2. The highest BCUT2D eigenvalue weighted by Gasteiger charge is 2.22. The molecule has 1 aromatic rings. The van der Waals surface area contributed by atoms with Crippen LogP contribution in [0.4, 0.5) is 8.78 Å². The first-order chi connectivity index (χ1) is 10.9. The minimum absolute atomic E-state index is 0.0738. The van der Waals surface area contributed by atoms with Gasteiger partial charge in [-0.25, -0.2) is 8.78 Å². The largest absolute Gasteiger partial charge is 0.357 e. The first kappa shape index (κ1) is 19.4. The molecule has 23 heavy (non-hydrogen) atoms. The molecule has 1 rings (SSSR count). The van der Waals surface area contributed by atoms with E-state index in [9.17, 15) is 8.78 Å². The van der Waals surface area contributed by atoms with Crippen LogP contribution in [0.2, 0.25) is 0 Å². The van der Waals surface area contributed by atoms with Crippen molar-refractivity contribution in [1.29, 1.82) is 0 Å². The zero-order valence-electron chi connectivity index (χ0n) is 14.7. The van der Waals surface area contributed by atoms with Gasteiger partial charge in [0.15, 0.2) is 5.96 Å². The molecule has 0 bridgehead atoms. The molecule has 6 heteroatoms. The van der Waals surface area contributed by atoms with E-state index in [2.05, 4.69) is 29.5 Å². The van der Waals surface area contributed by atoms with Gasteiger partial charge >= 0.3 is 0 Å². The Labute approximate surface area is 138 Å². The molecule has 0 spiro atoms.